The molecule has 5 aliphatic rings. The first-order valence-electron chi connectivity index (χ1n) is 12.0. The second kappa shape index (κ2) is 10.2. The fraction of sp³-hybridized carbons (Fsp3) is 0.909. The zero-order valence-corrected chi connectivity index (χ0v) is 20.9. The summed E-state index contributed by atoms with van der Waals surface area (Å²) in [5.41, 5.74) is -1.69. The van der Waals surface area contributed by atoms with E-state index in [1.54, 1.807) is 6.92 Å². The van der Waals surface area contributed by atoms with Crippen molar-refractivity contribution < 1.29 is 37.0 Å². The van der Waals surface area contributed by atoms with Crippen molar-refractivity contribution in [3.8, 4) is 0 Å². The van der Waals surface area contributed by atoms with E-state index in [2.05, 4.69) is 16.0 Å². The maximum Gasteiger partial charge on any atom is 0.405 e. The Bertz CT molecular complexity index is 814. The Kier molecular flexibility index (Phi) is 7.89. The van der Waals surface area contributed by atoms with Crippen molar-refractivity contribution in [3.05, 3.63) is 0 Å². The summed E-state index contributed by atoms with van der Waals surface area (Å²) in [6.45, 7) is 1.32. The van der Waals surface area contributed by atoms with Crippen LogP contribution in [0.1, 0.15) is 58.3 Å². The SMILES string of the molecule is CC1NC(C(F)(F)F)C(C(=O)NC23CCC(NC(=O)COC4CCC(Cl)C(F)C4)(CC2)C(O)C3)S1. The molecule has 0 aromatic carbocycles. The van der Waals surface area contributed by atoms with Crippen LogP contribution < -0.4 is 16.0 Å². The first-order valence-corrected chi connectivity index (χ1v) is 13.4. The van der Waals surface area contributed by atoms with Crippen LogP contribution in [0.4, 0.5) is 17.6 Å². The van der Waals surface area contributed by atoms with Gasteiger partial charge in [-0.15, -0.1) is 23.4 Å². The van der Waals surface area contributed by atoms with Gasteiger partial charge in [0.25, 0.3) is 0 Å². The molecule has 13 heteroatoms. The molecule has 1 saturated heterocycles. The number of aliphatic hydroxyl groups excluding tert-OH is 1. The third-order valence-corrected chi connectivity index (χ3v) is 9.69. The fourth-order valence-electron chi connectivity index (χ4n) is 5.85. The van der Waals surface area contributed by atoms with Gasteiger partial charge in [-0.05, 0) is 51.9 Å². The van der Waals surface area contributed by atoms with Gasteiger partial charge in [0.2, 0.25) is 11.8 Å². The highest BCUT2D eigenvalue weighted by molar-refractivity contribution is 8.01. The fourth-order valence-corrected chi connectivity index (χ4v) is 7.32. The quantitative estimate of drug-likeness (QED) is 0.302. The van der Waals surface area contributed by atoms with Gasteiger partial charge in [-0.1, -0.05) is 0 Å². The lowest BCUT2D eigenvalue weighted by atomic mass is 9.60. The molecule has 5 fully saturated rings. The lowest BCUT2D eigenvalue weighted by Gasteiger charge is -2.56. The molecule has 4 saturated carbocycles. The van der Waals surface area contributed by atoms with Gasteiger partial charge in [-0.25, -0.2) is 4.39 Å². The largest absolute Gasteiger partial charge is 0.405 e. The van der Waals surface area contributed by atoms with E-state index >= 15 is 0 Å². The number of thioether (sulfide) groups is 1. The molecule has 7 atom stereocenters. The van der Waals surface area contributed by atoms with Gasteiger partial charge in [-0.2, -0.15) is 13.2 Å². The van der Waals surface area contributed by atoms with Crippen LogP contribution >= 0.6 is 23.4 Å². The number of hydrogen-bond donors (Lipinski definition) is 4. The van der Waals surface area contributed by atoms with E-state index in [-0.39, 0.29) is 25.6 Å². The molecule has 5 rings (SSSR count). The number of amides is 2. The predicted octanol–water partition coefficient (Wildman–Crippen LogP) is 2.53. The molecule has 0 aromatic rings. The zero-order chi connectivity index (χ0) is 25.6. The molecule has 2 amide bonds. The van der Waals surface area contributed by atoms with Crippen LogP contribution in [0, 0.1) is 0 Å². The Morgan fingerprint density at radius 2 is 1.89 bits per heavy atom. The first-order chi connectivity index (χ1) is 16.3. The Balaban J connectivity index is 1.30. The van der Waals surface area contributed by atoms with Crippen molar-refractivity contribution in [2.24, 2.45) is 0 Å². The number of nitrogens with one attached hydrogen (secondary N) is 3. The lowest BCUT2D eigenvalue weighted by molar-refractivity contribution is -0.160. The second-order valence-corrected chi connectivity index (χ2v) is 12.4. The molecule has 0 radical (unpaired) electrons. The summed E-state index contributed by atoms with van der Waals surface area (Å²) in [6, 6.07) is -1.93. The number of ether oxygens (including phenoxy) is 1. The molecular weight excluding hydrogens is 514 g/mol. The molecule has 0 spiro atoms. The average molecular weight is 546 g/mol. The number of fused-ring (bicyclic) bond motifs is 3. The second-order valence-electron chi connectivity index (χ2n) is 10.4. The van der Waals surface area contributed by atoms with E-state index in [0.717, 1.165) is 11.8 Å². The van der Waals surface area contributed by atoms with E-state index in [9.17, 15) is 32.3 Å². The van der Waals surface area contributed by atoms with Crippen LogP contribution in [0.25, 0.3) is 0 Å². The smallest absolute Gasteiger partial charge is 0.391 e. The molecule has 4 aliphatic carbocycles. The standard InChI is InChI=1S/C22H32ClF4N3O4S/c1-11-28-18(22(25,26)27)17(35-11)19(33)30-20-4-6-21(7-5-20,15(31)9-20)29-16(32)10-34-12-2-3-13(23)14(24)8-12/h11-15,17-18,28,31H,2-10H2,1H3,(H,29,32)(H,30,33). The number of halogens is 5. The lowest BCUT2D eigenvalue weighted by Crippen LogP contribution is -2.71. The molecule has 0 aromatic heterocycles. The summed E-state index contributed by atoms with van der Waals surface area (Å²) >= 11 is 6.81. The molecule has 1 heterocycles. The molecule has 4 N–H and O–H groups in total. The van der Waals surface area contributed by atoms with Gasteiger partial charge in [0.15, 0.2) is 0 Å². The molecule has 35 heavy (non-hydrogen) atoms. The predicted molar refractivity (Wildman–Crippen MR) is 123 cm³/mol. The number of alkyl halides is 5. The number of rotatable bonds is 6. The summed E-state index contributed by atoms with van der Waals surface area (Å²) < 4.78 is 59.5. The highest BCUT2D eigenvalue weighted by Gasteiger charge is 2.58. The van der Waals surface area contributed by atoms with E-state index in [1.807, 2.05) is 0 Å². The van der Waals surface area contributed by atoms with E-state index in [0.29, 0.717) is 38.5 Å². The van der Waals surface area contributed by atoms with Crippen LogP contribution in [0.5, 0.6) is 0 Å². The van der Waals surface area contributed by atoms with Crippen LogP contribution in [-0.4, -0.2) is 81.2 Å². The highest BCUT2D eigenvalue weighted by Crippen LogP contribution is 2.47. The normalized spacial score (nSPS) is 43.7. The zero-order valence-electron chi connectivity index (χ0n) is 19.4. The van der Waals surface area contributed by atoms with E-state index < -0.39 is 63.4 Å². The Morgan fingerprint density at radius 1 is 1.20 bits per heavy atom. The first kappa shape index (κ1) is 27.2. The minimum absolute atomic E-state index is 0.139. The number of aliphatic hydroxyl groups is 1. The van der Waals surface area contributed by atoms with Crippen LogP contribution in [-0.2, 0) is 14.3 Å². The van der Waals surface area contributed by atoms with E-state index in [1.165, 1.54) is 0 Å². The molecular formula is C22H32ClF4N3O4S. The van der Waals surface area contributed by atoms with Crippen molar-refractivity contribution in [2.75, 3.05) is 6.61 Å². The Morgan fingerprint density at radius 3 is 2.49 bits per heavy atom. The monoisotopic (exact) mass is 545 g/mol. The van der Waals surface area contributed by atoms with Crippen molar-refractivity contribution >= 4 is 35.2 Å². The molecule has 7 unspecified atom stereocenters. The number of carbonyl (C=O) groups excluding carboxylic acids is 2. The van der Waals surface area contributed by atoms with Crippen molar-refractivity contribution in [2.45, 2.75) is 116 Å². The maximum absolute atomic E-state index is 13.8. The summed E-state index contributed by atoms with van der Waals surface area (Å²) in [6.07, 6.45) is -4.15. The van der Waals surface area contributed by atoms with E-state index in [4.69, 9.17) is 16.3 Å². The number of hydrogen-bond acceptors (Lipinski definition) is 6. The van der Waals surface area contributed by atoms with Gasteiger partial charge in [0, 0.05) is 12.0 Å². The topological polar surface area (TPSA) is 99.7 Å². The van der Waals surface area contributed by atoms with Crippen LogP contribution in [0.15, 0.2) is 0 Å². The Hall–Kier alpha value is -0.820. The number of carbonyl (C=O) groups is 2. The minimum Gasteiger partial charge on any atom is -0.391 e. The highest BCUT2D eigenvalue weighted by atomic mass is 35.5. The third-order valence-electron chi connectivity index (χ3n) is 7.87. The minimum atomic E-state index is -4.55. The summed E-state index contributed by atoms with van der Waals surface area (Å²) in [5, 5.41) is 16.6. The third kappa shape index (κ3) is 5.86. The molecule has 1 aliphatic heterocycles. The molecule has 7 nitrogen and oxygen atoms in total. The van der Waals surface area contributed by atoms with Crippen molar-refractivity contribution in [3.63, 3.8) is 0 Å². The molecule has 2 bridgehead atoms. The average Bonchev–Trinajstić information content (AvgIpc) is 3.18. The Labute approximate surface area is 210 Å². The van der Waals surface area contributed by atoms with Gasteiger partial charge < -0.3 is 20.5 Å². The van der Waals surface area contributed by atoms with Crippen molar-refractivity contribution in [1.29, 1.82) is 0 Å². The van der Waals surface area contributed by atoms with Crippen molar-refractivity contribution in [1.82, 2.24) is 16.0 Å². The van der Waals surface area contributed by atoms with Crippen LogP contribution in [0.2, 0.25) is 0 Å². The molecule has 200 valence electrons. The summed E-state index contributed by atoms with van der Waals surface area (Å²) in [5.74, 6) is -1.10. The van der Waals surface area contributed by atoms with Gasteiger partial charge in [-0.3, -0.25) is 14.9 Å². The van der Waals surface area contributed by atoms with Gasteiger partial charge >= 0.3 is 6.18 Å². The summed E-state index contributed by atoms with van der Waals surface area (Å²) in [7, 11) is 0. The maximum atomic E-state index is 13.8. The van der Waals surface area contributed by atoms with Gasteiger partial charge in [0.05, 0.1) is 28.5 Å². The summed E-state index contributed by atoms with van der Waals surface area (Å²) in [4.78, 5) is 25.4. The van der Waals surface area contributed by atoms with Crippen LogP contribution in [0.3, 0.4) is 0 Å². The van der Waals surface area contributed by atoms with Gasteiger partial charge in [0.1, 0.15) is 24.1 Å².